The molecule has 0 unspecified atom stereocenters. The number of methoxy groups -OCH3 is 1. The van der Waals surface area contributed by atoms with Gasteiger partial charge in [-0.3, -0.25) is 0 Å². The summed E-state index contributed by atoms with van der Waals surface area (Å²) in [6.07, 6.45) is 0. The average Bonchev–Trinajstić information content (AvgIpc) is 2.66. The Labute approximate surface area is 142 Å². The van der Waals surface area contributed by atoms with Crippen LogP contribution in [0, 0.1) is 21.7 Å². The number of nitriles is 1. The first kappa shape index (κ1) is 16.0. The number of aromatic nitrogens is 2. The molecule has 0 fully saturated rings. The largest absolute Gasteiger partial charge is 0.710 e. The summed E-state index contributed by atoms with van der Waals surface area (Å²) < 4.78 is 5.70. The van der Waals surface area contributed by atoms with Gasteiger partial charge in [0, 0.05) is 6.07 Å². The van der Waals surface area contributed by atoms with E-state index in [4.69, 9.17) is 4.74 Å². The second kappa shape index (κ2) is 6.33. The first-order chi connectivity index (χ1) is 12.1. The molecule has 1 N–H and O–H groups in total. The summed E-state index contributed by atoms with van der Waals surface area (Å²) in [6, 6.07) is 13.8. The molecule has 1 aromatic heterocycles. The van der Waals surface area contributed by atoms with E-state index in [0.29, 0.717) is 15.2 Å². The predicted molar refractivity (Wildman–Crippen MR) is 87.5 cm³/mol. The van der Waals surface area contributed by atoms with E-state index in [1.807, 2.05) is 0 Å². The van der Waals surface area contributed by atoms with Gasteiger partial charge in [0.1, 0.15) is 5.75 Å². The Morgan fingerprint density at radius 1 is 1.08 bits per heavy atom. The number of carbonyl (C=O) groups excluding carboxylic acids is 1. The number of hydrogen-bond donors (Lipinski definition) is 1. The highest BCUT2D eigenvalue weighted by Crippen LogP contribution is 2.15. The minimum absolute atomic E-state index is 0.0384. The monoisotopic (exact) mass is 336 g/mol. The van der Waals surface area contributed by atoms with Gasteiger partial charge in [0.05, 0.1) is 12.7 Å². The molecule has 0 radical (unpaired) electrons. The van der Waals surface area contributed by atoms with Crippen molar-refractivity contribution >= 4 is 22.8 Å². The lowest BCUT2D eigenvalue weighted by molar-refractivity contribution is -0.620. The second-order valence-electron chi connectivity index (χ2n) is 5.07. The Morgan fingerprint density at radius 2 is 1.68 bits per heavy atom. The third-order valence-corrected chi connectivity index (χ3v) is 3.64. The quantitative estimate of drug-likeness (QED) is 0.570. The maximum atomic E-state index is 12.5. The maximum Gasteiger partial charge on any atom is 0.386 e. The number of para-hydroxylation sites is 2. The molecule has 0 saturated heterocycles. The van der Waals surface area contributed by atoms with Crippen LogP contribution in [0.2, 0.25) is 0 Å². The van der Waals surface area contributed by atoms with Gasteiger partial charge in [-0.2, -0.15) is 10.6 Å². The molecule has 0 aliphatic rings. The lowest BCUT2D eigenvalue weighted by atomic mass is 10.2. The van der Waals surface area contributed by atoms with Crippen molar-refractivity contribution in [2.24, 2.45) is 0 Å². The number of ether oxygens (including phenoxy) is 1. The molecule has 2 aromatic carbocycles. The normalized spacial score (nSPS) is 10.2. The lowest BCUT2D eigenvalue weighted by Crippen LogP contribution is -2.44. The second-order valence-corrected chi connectivity index (χ2v) is 5.07. The summed E-state index contributed by atoms with van der Waals surface area (Å²) in [6.45, 7) is 0. The molecule has 3 aromatic rings. The van der Waals surface area contributed by atoms with E-state index in [1.165, 1.54) is 31.4 Å². The van der Waals surface area contributed by atoms with Crippen LogP contribution in [0.1, 0.15) is 16.1 Å². The molecular formula is C17H12N4O4. The van der Waals surface area contributed by atoms with E-state index in [9.17, 15) is 20.5 Å². The summed E-state index contributed by atoms with van der Waals surface area (Å²) in [5.74, 6) is -0.479. The summed E-state index contributed by atoms with van der Waals surface area (Å²) in [4.78, 5) is 12.4. The van der Waals surface area contributed by atoms with Gasteiger partial charge in [-0.25, -0.2) is 9.52 Å². The van der Waals surface area contributed by atoms with Crippen LogP contribution in [0.5, 0.6) is 5.75 Å². The molecule has 0 spiro atoms. The van der Waals surface area contributed by atoms with E-state index >= 15 is 0 Å². The van der Waals surface area contributed by atoms with E-state index in [2.05, 4.69) is 5.32 Å². The van der Waals surface area contributed by atoms with E-state index < -0.39 is 17.4 Å². The Morgan fingerprint density at radius 3 is 2.24 bits per heavy atom. The molecule has 25 heavy (non-hydrogen) atoms. The molecule has 0 atom stereocenters. The number of hydrogen-bond acceptors (Lipinski definition) is 5. The highest BCUT2D eigenvalue weighted by molar-refractivity contribution is 6.04. The number of nitrogens with zero attached hydrogens (tertiary/aromatic N) is 3. The van der Waals surface area contributed by atoms with Crippen molar-refractivity contribution in [1.82, 2.24) is 0 Å². The fourth-order valence-electron chi connectivity index (χ4n) is 2.37. The molecule has 0 bridgehead atoms. The summed E-state index contributed by atoms with van der Waals surface area (Å²) in [5.41, 5.74) is -0.163. The number of fused-ring (bicyclic) bond motifs is 1. The summed E-state index contributed by atoms with van der Waals surface area (Å²) in [7, 11) is 1.50. The number of nitrogens with one attached hydrogen (secondary N) is 1. The zero-order valence-corrected chi connectivity index (χ0v) is 13.1. The maximum absolute atomic E-state index is 12.5. The number of anilines is 1. The van der Waals surface area contributed by atoms with Crippen molar-refractivity contribution in [3.8, 4) is 11.8 Å². The number of rotatable bonds is 3. The molecule has 3 rings (SSSR count). The lowest BCUT2D eigenvalue weighted by Gasteiger charge is -2.12. The zero-order chi connectivity index (χ0) is 18.0. The number of amides is 1. The van der Waals surface area contributed by atoms with Crippen LogP contribution in [0.15, 0.2) is 48.5 Å². The third-order valence-electron chi connectivity index (χ3n) is 3.64. The highest BCUT2D eigenvalue weighted by Gasteiger charge is 2.29. The van der Waals surface area contributed by atoms with Gasteiger partial charge in [-0.05, 0) is 30.3 Å². The SMILES string of the molecule is COc1ccc(C(=O)Nc2c(C#N)[n+]([O-])c3ccccc3[n+]2[O-])cc1. The van der Waals surface area contributed by atoms with Crippen molar-refractivity contribution in [3.63, 3.8) is 0 Å². The summed E-state index contributed by atoms with van der Waals surface area (Å²) >= 11 is 0. The molecule has 124 valence electrons. The predicted octanol–water partition coefficient (Wildman–Crippen LogP) is 1.24. The Bertz CT molecular complexity index is 1010. The van der Waals surface area contributed by atoms with Crippen LogP contribution in [0.4, 0.5) is 5.82 Å². The molecular weight excluding hydrogens is 324 g/mol. The van der Waals surface area contributed by atoms with Crippen molar-refractivity contribution in [3.05, 3.63) is 70.2 Å². The Hall–Kier alpha value is -3.86. The van der Waals surface area contributed by atoms with Crippen molar-refractivity contribution in [2.75, 3.05) is 12.4 Å². The smallest absolute Gasteiger partial charge is 0.386 e. The van der Waals surface area contributed by atoms with Crippen LogP contribution in [-0.4, -0.2) is 13.0 Å². The van der Waals surface area contributed by atoms with Gasteiger partial charge < -0.3 is 15.2 Å². The van der Waals surface area contributed by atoms with Gasteiger partial charge in [-0.15, -0.1) is 4.73 Å². The van der Waals surface area contributed by atoms with Gasteiger partial charge in [0.25, 0.3) is 5.52 Å². The average molecular weight is 336 g/mol. The standard InChI is InChI=1S/C17H12N4O4/c1-25-12-8-6-11(7-9-12)17(22)19-16-15(10-18)20(23)13-4-2-3-5-14(13)21(16)24/h2-9H,1H3,(H,19,22). The highest BCUT2D eigenvalue weighted by atomic mass is 16.5. The topological polar surface area (TPSA) is 116 Å². The minimum Gasteiger partial charge on any atom is -0.710 e. The van der Waals surface area contributed by atoms with Crippen LogP contribution in [-0.2, 0) is 0 Å². The summed E-state index contributed by atoms with van der Waals surface area (Å²) in [5, 5.41) is 36.4. The Kier molecular flexibility index (Phi) is 4.05. The molecule has 1 heterocycles. The van der Waals surface area contributed by atoms with Crippen LogP contribution in [0.25, 0.3) is 11.0 Å². The van der Waals surface area contributed by atoms with E-state index in [-0.39, 0.29) is 16.6 Å². The molecule has 1 amide bonds. The molecule has 0 saturated carbocycles. The van der Waals surface area contributed by atoms with Crippen LogP contribution < -0.4 is 19.5 Å². The molecule has 8 heteroatoms. The van der Waals surface area contributed by atoms with Crippen molar-refractivity contribution in [2.45, 2.75) is 0 Å². The zero-order valence-electron chi connectivity index (χ0n) is 13.1. The third kappa shape index (κ3) is 2.74. The number of carbonyl (C=O) groups is 1. The van der Waals surface area contributed by atoms with Crippen molar-refractivity contribution < 1.29 is 19.0 Å². The van der Waals surface area contributed by atoms with Crippen LogP contribution >= 0.6 is 0 Å². The van der Waals surface area contributed by atoms with E-state index in [0.717, 1.165) is 0 Å². The van der Waals surface area contributed by atoms with E-state index in [1.54, 1.807) is 30.3 Å². The molecule has 8 nitrogen and oxygen atoms in total. The fourth-order valence-corrected chi connectivity index (χ4v) is 2.37. The molecule has 0 aliphatic heterocycles. The molecule has 0 aliphatic carbocycles. The van der Waals surface area contributed by atoms with Gasteiger partial charge in [-0.1, -0.05) is 12.1 Å². The minimum atomic E-state index is -0.626. The Balaban J connectivity index is 2.07. The van der Waals surface area contributed by atoms with Gasteiger partial charge >= 0.3 is 17.4 Å². The fraction of sp³-hybridized carbons (Fsp3) is 0.0588. The van der Waals surface area contributed by atoms with Gasteiger partial charge in [0.2, 0.25) is 5.52 Å². The first-order valence-corrected chi connectivity index (χ1v) is 7.20. The number of benzene rings is 2. The van der Waals surface area contributed by atoms with Crippen LogP contribution in [0.3, 0.4) is 0 Å². The van der Waals surface area contributed by atoms with Gasteiger partial charge in [0.15, 0.2) is 6.07 Å². The van der Waals surface area contributed by atoms with Crippen molar-refractivity contribution in [1.29, 1.82) is 5.26 Å². The first-order valence-electron chi connectivity index (χ1n) is 7.20.